The van der Waals surface area contributed by atoms with Crippen LogP contribution in [0.2, 0.25) is 0 Å². The highest BCUT2D eigenvalue weighted by molar-refractivity contribution is 5.82. The highest BCUT2D eigenvalue weighted by atomic mass is 16.6. The number of hydrogen-bond acceptors (Lipinski definition) is 10. The zero-order chi connectivity index (χ0) is 28.0. The van der Waals surface area contributed by atoms with Crippen LogP contribution in [0.5, 0.6) is 0 Å². The van der Waals surface area contributed by atoms with Crippen molar-refractivity contribution in [1.29, 1.82) is 0 Å². The molecule has 3 aliphatic heterocycles. The maximum atomic E-state index is 13.1. The third-order valence-corrected chi connectivity index (χ3v) is 9.81. The van der Waals surface area contributed by atoms with Gasteiger partial charge in [-0.2, -0.15) is 0 Å². The van der Waals surface area contributed by atoms with Gasteiger partial charge < -0.3 is 39.0 Å². The maximum absolute atomic E-state index is 13.1. The Morgan fingerprint density at radius 2 is 1.95 bits per heavy atom. The number of ether oxygens (including phenoxy) is 5. The standard InChI is InChI=1S/C29H40O10/c1-17-9-11-35-20(18(2)31)6-4-5-7-24(32)39-21-13-23-29(16-37-29)27(21,3)28(15-36-26(34)25(17)33)10-8-19(14-30)12-22(28)38-23/h4-7,12,17-18,20-23,25,30-31,33H,8-11,13-16H2,1-3H3/b6-4-,7-5-. The van der Waals surface area contributed by atoms with E-state index < -0.39 is 64.8 Å². The van der Waals surface area contributed by atoms with Crippen molar-refractivity contribution in [2.45, 2.75) is 88.7 Å². The lowest BCUT2D eigenvalue weighted by molar-refractivity contribution is -0.235. The van der Waals surface area contributed by atoms with Crippen molar-refractivity contribution in [3.63, 3.8) is 0 Å². The largest absolute Gasteiger partial charge is 0.463 e. The van der Waals surface area contributed by atoms with E-state index in [0.29, 0.717) is 32.3 Å². The first-order valence-electron chi connectivity index (χ1n) is 13.9. The summed E-state index contributed by atoms with van der Waals surface area (Å²) >= 11 is 0. The lowest BCUT2D eigenvalue weighted by atomic mass is 9.51. The molecule has 10 unspecified atom stereocenters. The summed E-state index contributed by atoms with van der Waals surface area (Å²) in [6.45, 7) is 5.87. The third-order valence-electron chi connectivity index (χ3n) is 9.81. The maximum Gasteiger partial charge on any atom is 0.335 e. The molecule has 5 aliphatic rings. The summed E-state index contributed by atoms with van der Waals surface area (Å²) in [5.41, 5.74) is -1.39. The number of cyclic esters (lactones) is 1. The fourth-order valence-electron chi connectivity index (χ4n) is 7.09. The van der Waals surface area contributed by atoms with E-state index >= 15 is 0 Å². The number of aliphatic hydroxyl groups is 3. The minimum Gasteiger partial charge on any atom is -0.463 e. The number of carbonyl (C=O) groups is 2. The predicted octanol–water partition coefficient (Wildman–Crippen LogP) is 1.37. The van der Waals surface area contributed by atoms with Crippen LogP contribution < -0.4 is 0 Å². The number of esters is 2. The SMILES string of the molecule is CC(O)C1/C=C\C=C/C(=O)OC2CC3OC4C=C(CO)CCC4(COC(=O)C(O)C(C)CCO1)C2(C)C31CO1. The van der Waals surface area contributed by atoms with E-state index in [9.17, 15) is 24.9 Å². The Kier molecular flexibility index (Phi) is 7.82. The van der Waals surface area contributed by atoms with E-state index in [2.05, 4.69) is 0 Å². The first-order valence-corrected chi connectivity index (χ1v) is 13.9. The Hall–Kier alpha value is -2.08. The molecule has 0 amide bonds. The molecule has 0 aromatic carbocycles. The Balaban J connectivity index is 1.51. The summed E-state index contributed by atoms with van der Waals surface area (Å²) in [7, 11) is 0. The second kappa shape index (κ2) is 10.7. The number of carbonyl (C=O) groups excluding carboxylic acids is 2. The molecule has 0 aromatic rings. The van der Waals surface area contributed by atoms with Crippen LogP contribution in [-0.2, 0) is 33.3 Å². The third kappa shape index (κ3) is 4.69. The summed E-state index contributed by atoms with van der Waals surface area (Å²) < 4.78 is 30.3. The predicted molar refractivity (Wildman–Crippen MR) is 137 cm³/mol. The molecular formula is C29H40O10. The van der Waals surface area contributed by atoms with Crippen molar-refractivity contribution < 1.29 is 48.6 Å². The van der Waals surface area contributed by atoms with Gasteiger partial charge in [0.15, 0.2) is 6.10 Å². The van der Waals surface area contributed by atoms with E-state index in [1.807, 2.05) is 13.0 Å². The fraction of sp³-hybridized carbons (Fsp3) is 0.724. The van der Waals surface area contributed by atoms with E-state index in [4.69, 9.17) is 23.7 Å². The van der Waals surface area contributed by atoms with Gasteiger partial charge in [-0.3, -0.25) is 0 Å². The van der Waals surface area contributed by atoms with Crippen LogP contribution in [0.1, 0.15) is 46.5 Å². The molecule has 5 rings (SSSR count). The molecule has 10 heteroatoms. The molecule has 0 radical (unpaired) electrons. The van der Waals surface area contributed by atoms with Crippen molar-refractivity contribution in [3.05, 3.63) is 36.0 Å². The van der Waals surface area contributed by atoms with Gasteiger partial charge in [0, 0.05) is 24.5 Å². The van der Waals surface area contributed by atoms with Crippen molar-refractivity contribution in [2.24, 2.45) is 16.7 Å². The quantitative estimate of drug-likeness (QED) is 0.263. The van der Waals surface area contributed by atoms with Gasteiger partial charge in [-0.25, -0.2) is 9.59 Å². The topological polar surface area (TPSA) is 144 Å². The summed E-state index contributed by atoms with van der Waals surface area (Å²) in [4.78, 5) is 26.1. The van der Waals surface area contributed by atoms with Crippen LogP contribution in [0.3, 0.4) is 0 Å². The Labute approximate surface area is 228 Å². The summed E-state index contributed by atoms with van der Waals surface area (Å²) in [5, 5.41) is 30.7. The van der Waals surface area contributed by atoms with Gasteiger partial charge in [-0.05, 0) is 37.7 Å². The highest BCUT2D eigenvalue weighted by Gasteiger charge is 2.83. The Morgan fingerprint density at radius 1 is 1.18 bits per heavy atom. The van der Waals surface area contributed by atoms with Crippen LogP contribution in [0.15, 0.2) is 36.0 Å². The average molecular weight is 549 g/mol. The van der Waals surface area contributed by atoms with Gasteiger partial charge >= 0.3 is 11.9 Å². The van der Waals surface area contributed by atoms with Gasteiger partial charge in [0.2, 0.25) is 0 Å². The van der Waals surface area contributed by atoms with Gasteiger partial charge in [0.25, 0.3) is 0 Å². The Morgan fingerprint density at radius 3 is 2.64 bits per heavy atom. The molecule has 3 N–H and O–H groups in total. The second-order valence-electron chi connectivity index (χ2n) is 11.9. The molecule has 39 heavy (non-hydrogen) atoms. The molecule has 0 aromatic heterocycles. The van der Waals surface area contributed by atoms with Crippen LogP contribution in [0, 0.1) is 16.7 Å². The van der Waals surface area contributed by atoms with E-state index in [1.165, 1.54) is 6.08 Å². The van der Waals surface area contributed by atoms with Crippen LogP contribution in [0.4, 0.5) is 0 Å². The first kappa shape index (κ1) is 28.4. The van der Waals surface area contributed by atoms with Gasteiger partial charge in [-0.15, -0.1) is 0 Å². The minimum atomic E-state index is -1.37. The molecule has 10 nitrogen and oxygen atoms in total. The second-order valence-corrected chi connectivity index (χ2v) is 11.9. The summed E-state index contributed by atoms with van der Waals surface area (Å²) in [6, 6.07) is 0. The first-order chi connectivity index (χ1) is 18.6. The molecule has 2 saturated heterocycles. The molecule has 2 spiro atoms. The lowest BCUT2D eigenvalue weighted by Crippen LogP contribution is -2.67. The van der Waals surface area contributed by atoms with E-state index in [-0.39, 0.29) is 25.9 Å². The monoisotopic (exact) mass is 548 g/mol. The van der Waals surface area contributed by atoms with Crippen LogP contribution >= 0.6 is 0 Å². The molecular weight excluding hydrogens is 508 g/mol. The van der Waals surface area contributed by atoms with E-state index in [1.54, 1.807) is 32.1 Å². The smallest absolute Gasteiger partial charge is 0.335 e. The minimum absolute atomic E-state index is 0.0585. The summed E-state index contributed by atoms with van der Waals surface area (Å²) in [6.07, 6.45) is 5.77. The summed E-state index contributed by atoms with van der Waals surface area (Å²) in [5.74, 6) is -1.72. The lowest BCUT2D eigenvalue weighted by Gasteiger charge is -2.58. The molecule has 10 atom stereocenters. The number of epoxide rings is 1. The molecule has 216 valence electrons. The van der Waals surface area contributed by atoms with Crippen molar-refractivity contribution >= 4 is 11.9 Å². The molecule has 2 aliphatic carbocycles. The zero-order valence-electron chi connectivity index (χ0n) is 22.8. The van der Waals surface area contributed by atoms with Gasteiger partial charge in [0.1, 0.15) is 24.4 Å². The van der Waals surface area contributed by atoms with Crippen molar-refractivity contribution in [3.8, 4) is 0 Å². The molecule has 3 fully saturated rings. The fourth-order valence-corrected chi connectivity index (χ4v) is 7.09. The van der Waals surface area contributed by atoms with Crippen LogP contribution in [-0.4, -0.2) is 95.9 Å². The van der Waals surface area contributed by atoms with Crippen molar-refractivity contribution in [1.82, 2.24) is 0 Å². The molecule has 2 bridgehead atoms. The zero-order valence-corrected chi connectivity index (χ0v) is 22.8. The average Bonchev–Trinajstić information content (AvgIpc) is 3.69. The van der Waals surface area contributed by atoms with Crippen molar-refractivity contribution in [2.75, 3.05) is 26.4 Å². The number of aliphatic hydroxyl groups excluding tert-OH is 3. The van der Waals surface area contributed by atoms with Crippen LogP contribution in [0.25, 0.3) is 0 Å². The molecule has 3 heterocycles. The number of rotatable bonds is 2. The number of allylic oxidation sites excluding steroid dienone is 2. The van der Waals surface area contributed by atoms with Gasteiger partial charge in [0.05, 0.1) is 36.9 Å². The molecule has 1 saturated carbocycles. The van der Waals surface area contributed by atoms with E-state index in [0.717, 1.165) is 5.57 Å². The Bertz CT molecular complexity index is 1040. The van der Waals surface area contributed by atoms with Gasteiger partial charge in [-0.1, -0.05) is 38.2 Å². The normalized spacial score (nSPS) is 47.1. The highest BCUT2D eigenvalue weighted by Crippen LogP contribution is 2.72. The number of hydrogen-bond donors (Lipinski definition) is 3.